The first-order valence-electron chi connectivity index (χ1n) is 7.06. The number of nitrogens with one attached hydrogen (secondary N) is 1. The summed E-state index contributed by atoms with van der Waals surface area (Å²) in [5.41, 5.74) is 0.592. The summed E-state index contributed by atoms with van der Waals surface area (Å²) < 4.78 is 5.28. The molecule has 2 atom stereocenters. The van der Waals surface area contributed by atoms with Gasteiger partial charge in [0.1, 0.15) is 5.75 Å². The number of halogens is 1. The van der Waals surface area contributed by atoms with E-state index in [0.29, 0.717) is 28.4 Å². The molecule has 2 bridgehead atoms. The number of likely N-dealkylation sites (tertiary alicyclic amines) is 1. The van der Waals surface area contributed by atoms with E-state index < -0.39 is 0 Å². The lowest BCUT2D eigenvalue weighted by molar-refractivity contribution is 0.0745. The van der Waals surface area contributed by atoms with Crippen molar-refractivity contribution in [3.05, 3.63) is 28.8 Å². The molecular weight excluding hydrogens is 276 g/mol. The predicted octanol–water partition coefficient (Wildman–Crippen LogP) is 2.32. The van der Waals surface area contributed by atoms with Gasteiger partial charge in [0, 0.05) is 30.2 Å². The van der Waals surface area contributed by atoms with Crippen molar-refractivity contribution in [2.45, 2.75) is 31.3 Å². The second-order valence-corrected chi connectivity index (χ2v) is 5.96. The molecule has 2 aliphatic heterocycles. The summed E-state index contributed by atoms with van der Waals surface area (Å²) in [5, 5.41) is 4.16. The monoisotopic (exact) mass is 294 g/mol. The molecule has 2 fully saturated rings. The topological polar surface area (TPSA) is 41.6 Å². The summed E-state index contributed by atoms with van der Waals surface area (Å²) in [6.07, 6.45) is 3.42. The quantitative estimate of drug-likeness (QED) is 0.910. The number of rotatable bonds is 2. The summed E-state index contributed by atoms with van der Waals surface area (Å²) in [5.74, 6) is 0.581. The number of amides is 1. The fourth-order valence-corrected chi connectivity index (χ4v) is 3.30. The van der Waals surface area contributed by atoms with Crippen molar-refractivity contribution in [3.63, 3.8) is 0 Å². The largest absolute Gasteiger partial charge is 0.496 e. The molecule has 1 aromatic carbocycles. The van der Waals surface area contributed by atoms with Crippen LogP contribution < -0.4 is 10.1 Å². The number of methoxy groups -OCH3 is 1. The van der Waals surface area contributed by atoms with Gasteiger partial charge in [-0.1, -0.05) is 11.6 Å². The second-order valence-electron chi connectivity index (χ2n) is 5.52. The lowest BCUT2D eigenvalue weighted by Crippen LogP contribution is -2.39. The number of benzene rings is 1. The maximum absolute atomic E-state index is 12.7. The highest BCUT2D eigenvalue weighted by Crippen LogP contribution is 2.27. The molecule has 1 amide bonds. The first-order valence-corrected chi connectivity index (χ1v) is 7.44. The van der Waals surface area contributed by atoms with Gasteiger partial charge in [0.15, 0.2) is 0 Å². The molecular formula is C15H19ClN2O2. The third-order valence-corrected chi connectivity index (χ3v) is 4.44. The van der Waals surface area contributed by atoms with E-state index in [1.165, 1.54) is 6.42 Å². The van der Waals surface area contributed by atoms with Crippen molar-refractivity contribution in [1.82, 2.24) is 10.2 Å². The van der Waals surface area contributed by atoms with Gasteiger partial charge in [0.2, 0.25) is 0 Å². The van der Waals surface area contributed by atoms with Gasteiger partial charge in [-0.05, 0) is 37.5 Å². The van der Waals surface area contributed by atoms with Gasteiger partial charge < -0.3 is 15.0 Å². The van der Waals surface area contributed by atoms with Crippen LogP contribution >= 0.6 is 11.6 Å². The Morgan fingerprint density at radius 2 is 2.15 bits per heavy atom. The lowest BCUT2D eigenvalue weighted by atomic mass is 10.1. The van der Waals surface area contributed by atoms with Gasteiger partial charge >= 0.3 is 0 Å². The van der Waals surface area contributed by atoms with Gasteiger partial charge in [-0.25, -0.2) is 0 Å². The average molecular weight is 295 g/mol. The number of fused-ring (bicyclic) bond motifs is 2. The Morgan fingerprint density at radius 1 is 1.35 bits per heavy atom. The highest BCUT2D eigenvalue weighted by Gasteiger charge is 2.32. The summed E-state index contributed by atoms with van der Waals surface area (Å²) in [7, 11) is 1.56. The molecule has 20 heavy (non-hydrogen) atoms. The Labute approximate surface area is 124 Å². The number of ether oxygens (including phenoxy) is 1. The van der Waals surface area contributed by atoms with Crippen LogP contribution in [-0.2, 0) is 0 Å². The SMILES string of the molecule is COc1cc(Cl)ccc1C(=O)N1CCC2CCC(C1)N2. The molecule has 2 saturated heterocycles. The summed E-state index contributed by atoms with van der Waals surface area (Å²) in [6, 6.07) is 6.19. The maximum Gasteiger partial charge on any atom is 0.257 e. The summed E-state index contributed by atoms with van der Waals surface area (Å²) in [4.78, 5) is 14.6. The third-order valence-electron chi connectivity index (χ3n) is 4.20. The van der Waals surface area contributed by atoms with Crippen LogP contribution in [0.2, 0.25) is 5.02 Å². The average Bonchev–Trinajstić information content (AvgIpc) is 2.77. The molecule has 0 aromatic heterocycles. The van der Waals surface area contributed by atoms with E-state index in [4.69, 9.17) is 16.3 Å². The van der Waals surface area contributed by atoms with E-state index in [2.05, 4.69) is 5.32 Å². The lowest BCUT2D eigenvalue weighted by Gasteiger charge is -2.25. The van der Waals surface area contributed by atoms with Gasteiger partial charge in [-0.3, -0.25) is 4.79 Å². The Hall–Kier alpha value is -1.26. The molecule has 0 radical (unpaired) electrons. The maximum atomic E-state index is 12.7. The molecule has 0 aliphatic carbocycles. The molecule has 108 valence electrons. The molecule has 4 nitrogen and oxygen atoms in total. The fourth-order valence-electron chi connectivity index (χ4n) is 3.14. The zero-order valence-electron chi connectivity index (χ0n) is 11.6. The standard InChI is InChI=1S/C15H19ClN2O2/c1-20-14-8-10(16)2-5-13(14)15(19)18-7-6-11-3-4-12(9-18)17-11/h2,5,8,11-12,17H,3-4,6-7,9H2,1H3. The highest BCUT2D eigenvalue weighted by molar-refractivity contribution is 6.30. The van der Waals surface area contributed by atoms with Crippen LogP contribution in [0.1, 0.15) is 29.6 Å². The smallest absolute Gasteiger partial charge is 0.257 e. The molecule has 3 rings (SSSR count). The van der Waals surface area contributed by atoms with Gasteiger partial charge in [0.05, 0.1) is 12.7 Å². The zero-order valence-corrected chi connectivity index (χ0v) is 12.3. The minimum absolute atomic E-state index is 0.0351. The van der Waals surface area contributed by atoms with Crippen molar-refractivity contribution < 1.29 is 9.53 Å². The van der Waals surface area contributed by atoms with Gasteiger partial charge in [0.25, 0.3) is 5.91 Å². The molecule has 2 unspecified atom stereocenters. The molecule has 1 aromatic rings. The first kappa shape index (κ1) is 13.7. The molecule has 0 spiro atoms. The summed E-state index contributed by atoms with van der Waals surface area (Å²) in [6.45, 7) is 1.58. The zero-order chi connectivity index (χ0) is 14.1. The number of carbonyl (C=O) groups is 1. The van der Waals surface area contributed by atoms with Crippen molar-refractivity contribution in [1.29, 1.82) is 0 Å². The van der Waals surface area contributed by atoms with Crippen LogP contribution in [0.25, 0.3) is 0 Å². The minimum atomic E-state index is 0.0351. The van der Waals surface area contributed by atoms with Gasteiger partial charge in [-0.15, -0.1) is 0 Å². The Morgan fingerprint density at radius 3 is 2.95 bits per heavy atom. The third kappa shape index (κ3) is 2.63. The highest BCUT2D eigenvalue weighted by atomic mass is 35.5. The van der Waals surface area contributed by atoms with Crippen molar-refractivity contribution in [2.75, 3.05) is 20.2 Å². The van der Waals surface area contributed by atoms with E-state index in [9.17, 15) is 4.79 Å². The van der Waals surface area contributed by atoms with E-state index >= 15 is 0 Å². The van der Waals surface area contributed by atoms with Crippen LogP contribution in [0.4, 0.5) is 0 Å². The first-order chi connectivity index (χ1) is 9.67. The molecule has 0 saturated carbocycles. The number of hydrogen-bond acceptors (Lipinski definition) is 3. The van der Waals surface area contributed by atoms with E-state index in [1.54, 1.807) is 25.3 Å². The van der Waals surface area contributed by atoms with Crippen molar-refractivity contribution in [2.24, 2.45) is 0 Å². The molecule has 2 heterocycles. The number of hydrogen-bond donors (Lipinski definition) is 1. The van der Waals surface area contributed by atoms with E-state index in [1.807, 2.05) is 4.90 Å². The summed E-state index contributed by atoms with van der Waals surface area (Å²) >= 11 is 5.95. The molecule has 5 heteroatoms. The Kier molecular flexibility index (Phi) is 3.85. The van der Waals surface area contributed by atoms with Crippen LogP contribution in [0.3, 0.4) is 0 Å². The fraction of sp³-hybridized carbons (Fsp3) is 0.533. The Bertz CT molecular complexity index is 521. The van der Waals surface area contributed by atoms with Crippen LogP contribution in [-0.4, -0.2) is 43.1 Å². The number of carbonyl (C=O) groups excluding carboxylic acids is 1. The second kappa shape index (κ2) is 5.62. The van der Waals surface area contributed by atoms with Crippen LogP contribution in [0.5, 0.6) is 5.75 Å². The number of nitrogens with zero attached hydrogens (tertiary/aromatic N) is 1. The predicted molar refractivity (Wildman–Crippen MR) is 78.5 cm³/mol. The van der Waals surface area contributed by atoms with Crippen LogP contribution in [0, 0.1) is 0 Å². The molecule has 1 N–H and O–H groups in total. The van der Waals surface area contributed by atoms with Gasteiger partial charge in [-0.2, -0.15) is 0 Å². The van der Waals surface area contributed by atoms with Crippen LogP contribution in [0.15, 0.2) is 18.2 Å². The minimum Gasteiger partial charge on any atom is -0.496 e. The van der Waals surface area contributed by atoms with Crippen molar-refractivity contribution in [3.8, 4) is 5.75 Å². The van der Waals surface area contributed by atoms with E-state index in [-0.39, 0.29) is 5.91 Å². The molecule has 2 aliphatic rings. The normalized spacial score (nSPS) is 25.4. The van der Waals surface area contributed by atoms with Crippen molar-refractivity contribution >= 4 is 17.5 Å². The van der Waals surface area contributed by atoms with E-state index in [0.717, 1.165) is 25.9 Å². The Balaban J connectivity index is 1.81.